The second kappa shape index (κ2) is 10.6. The molecule has 2 saturated heterocycles. The van der Waals surface area contributed by atoms with Crippen molar-refractivity contribution in [2.45, 2.75) is 13.1 Å². The highest BCUT2D eigenvalue weighted by Crippen LogP contribution is 2.06. The van der Waals surface area contributed by atoms with E-state index in [4.69, 9.17) is 9.15 Å². The molecule has 0 spiro atoms. The number of carbonyl (C=O) groups excluding carboxylic acids is 2. The summed E-state index contributed by atoms with van der Waals surface area (Å²) in [5, 5.41) is 3.03. The molecule has 0 saturated carbocycles. The van der Waals surface area contributed by atoms with Gasteiger partial charge < -0.3 is 29.2 Å². The van der Waals surface area contributed by atoms with Crippen LogP contribution in [0.25, 0.3) is 0 Å². The lowest BCUT2D eigenvalue weighted by atomic mass is 10.1. The molecule has 0 atom stereocenters. The Labute approximate surface area is 182 Å². The minimum Gasteiger partial charge on any atom is -0.459 e. The van der Waals surface area contributed by atoms with Crippen molar-refractivity contribution in [3.05, 3.63) is 59.5 Å². The SMILES string of the molecule is O=C(C[NH+]1CCN(C(=O)c2ccco2)CC1)NCc1ccc(C[NH+]2CCOCC2)cc1. The summed E-state index contributed by atoms with van der Waals surface area (Å²) in [6, 6.07) is 11.9. The van der Waals surface area contributed by atoms with E-state index in [1.807, 2.05) is 0 Å². The van der Waals surface area contributed by atoms with Crippen molar-refractivity contribution < 1.29 is 28.5 Å². The van der Waals surface area contributed by atoms with Gasteiger partial charge in [-0.3, -0.25) is 9.59 Å². The van der Waals surface area contributed by atoms with Crippen LogP contribution in [-0.4, -0.2) is 75.7 Å². The number of nitrogens with one attached hydrogen (secondary N) is 3. The number of carbonyl (C=O) groups is 2. The number of amides is 2. The molecule has 4 rings (SSSR count). The van der Waals surface area contributed by atoms with Crippen molar-refractivity contribution in [2.24, 2.45) is 0 Å². The molecule has 0 radical (unpaired) electrons. The van der Waals surface area contributed by atoms with Gasteiger partial charge in [-0.15, -0.1) is 0 Å². The van der Waals surface area contributed by atoms with Crippen molar-refractivity contribution >= 4 is 11.8 Å². The van der Waals surface area contributed by atoms with Crippen LogP contribution in [0.15, 0.2) is 47.1 Å². The minimum atomic E-state index is -0.0767. The highest BCUT2D eigenvalue weighted by Gasteiger charge is 2.27. The van der Waals surface area contributed by atoms with Crippen LogP contribution in [0, 0.1) is 0 Å². The summed E-state index contributed by atoms with van der Waals surface area (Å²) in [6.07, 6.45) is 1.51. The van der Waals surface area contributed by atoms with Gasteiger partial charge in [-0.2, -0.15) is 0 Å². The molecule has 166 valence electrons. The van der Waals surface area contributed by atoms with Gasteiger partial charge in [0.1, 0.15) is 19.6 Å². The lowest BCUT2D eigenvalue weighted by molar-refractivity contribution is -0.921. The van der Waals surface area contributed by atoms with E-state index >= 15 is 0 Å². The summed E-state index contributed by atoms with van der Waals surface area (Å²) >= 11 is 0. The molecule has 3 heterocycles. The number of quaternary nitrogens is 2. The third-order valence-electron chi connectivity index (χ3n) is 6.07. The number of furan rings is 1. The molecular formula is C23H32N4O4+2. The molecule has 8 nitrogen and oxygen atoms in total. The smallest absolute Gasteiger partial charge is 0.289 e. The van der Waals surface area contributed by atoms with Gasteiger partial charge in [0.2, 0.25) is 0 Å². The quantitative estimate of drug-likeness (QED) is 0.494. The number of morpholine rings is 1. The van der Waals surface area contributed by atoms with Crippen LogP contribution in [0.5, 0.6) is 0 Å². The summed E-state index contributed by atoms with van der Waals surface area (Å²) in [5.41, 5.74) is 2.43. The second-order valence-corrected chi connectivity index (χ2v) is 8.33. The average molecular weight is 429 g/mol. The van der Waals surface area contributed by atoms with E-state index in [2.05, 4.69) is 29.6 Å². The number of nitrogens with zero attached hydrogens (tertiary/aromatic N) is 1. The van der Waals surface area contributed by atoms with Crippen LogP contribution < -0.4 is 15.1 Å². The van der Waals surface area contributed by atoms with E-state index in [1.54, 1.807) is 21.9 Å². The molecule has 2 aromatic rings. The average Bonchev–Trinajstić information content (AvgIpc) is 3.34. The van der Waals surface area contributed by atoms with Gasteiger partial charge in [-0.05, 0) is 17.7 Å². The zero-order chi connectivity index (χ0) is 21.5. The molecule has 2 amide bonds. The molecule has 31 heavy (non-hydrogen) atoms. The van der Waals surface area contributed by atoms with Crippen molar-refractivity contribution in [3.63, 3.8) is 0 Å². The highest BCUT2D eigenvalue weighted by atomic mass is 16.5. The first-order valence-corrected chi connectivity index (χ1v) is 11.1. The van der Waals surface area contributed by atoms with Crippen molar-refractivity contribution in [2.75, 3.05) is 59.0 Å². The number of hydrogen-bond acceptors (Lipinski definition) is 4. The molecule has 0 unspecified atom stereocenters. The number of rotatable bonds is 7. The molecule has 0 bridgehead atoms. The Morgan fingerprint density at radius 2 is 1.65 bits per heavy atom. The maximum absolute atomic E-state index is 12.4. The fraction of sp³-hybridized carbons (Fsp3) is 0.478. The third-order valence-corrected chi connectivity index (χ3v) is 6.07. The zero-order valence-corrected chi connectivity index (χ0v) is 17.9. The number of benzene rings is 1. The van der Waals surface area contributed by atoms with Crippen LogP contribution in [0.2, 0.25) is 0 Å². The monoisotopic (exact) mass is 428 g/mol. The largest absolute Gasteiger partial charge is 0.459 e. The summed E-state index contributed by atoms with van der Waals surface area (Å²) in [6.45, 7) is 8.60. The van der Waals surface area contributed by atoms with Crippen LogP contribution in [-0.2, 0) is 22.6 Å². The Morgan fingerprint density at radius 1 is 0.935 bits per heavy atom. The van der Waals surface area contributed by atoms with E-state index in [0.29, 0.717) is 31.9 Å². The topological polar surface area (TPSA) is 80.7 Å². The minimum absolute atomic E-state index is 0.0441. The van der Waals surface area contributed by atoms with Gasteiger partial charge >= 0.3 is 0 Å². The first kappa shape index (κ1) is 21.5. The molecular weight excluding hydrogens is 396 g/mol. The van der Waals surface area contributed by atoms with Gasteiger partial charge in [-0.1, -0.05) is 24.3 Å². The fourth-order valence-electron chi connectivity index (χ4n) is 4.15. The van der Waals surface area contributed by atoms with E-state index in [-0.39, 0.29) is 11.8 Å². The number of hydrogen-bond donors (Lipinski definition) is 3. The lowest BCUT2D eigenvalue weighted by Gasteiger charge is -2.31. The van der Waals surface area contributed by atoms with Crippen LogP contribution in [0.4, 0.5) is 0 Å². The predicted octanol–water partition coefficient (Wildman–Crippen LogP) is -1.65. The summed E-state index contributed by atoms with van der Waals surface area (Å²) in [7, 11) is 0. The maximum Gasteiger partial charge on any atom is 0.289 e. The van der Waals surface area contributed by atoms with E-state index < -0.39 is 0 Å². The molecule has 2 aliphatic rings. The molecule has 0 aliphatic carbocycles. The predicted molar refractivity (Wildman–Crippen MR) is 114 cm³/mol. The van der Waals surface area contributed by atoms with Crippen molar-refractivity contribution in [3.8, 4) is 0 Å². The number of piperazine rings is 1. The maximum atomic E-state index is 12.4. The van der Waals surface area contributed by atoms with Gasteiger partial charge in [0.25, 0.3) is 11.8 Å². The fourth-order valence-corrected chi connectivity index (χ4v) is 4.15. The van der Waals surface area contributed by atoms with Gasteiger partial charge in [0, 0.05) is 12.1 Å². The molecule has 1 aromatic heterocycles. The van der Waals surface area contributed by atoms with Gasteiger partial charge in [0.15, 0.2) is 12.3 Å². The third kappa shape index (κ3) is 6.16. The molecule has 2 fully saturated rings. The van der Waals surface area contributed by atoms with E-state index in [1.165, 1.54) is 16.7 Å². The van der Waals surface area contributed by atoms with Gasteiger partial charge in [-0.25, -0.2) is 0 Å². The van der Waals surface area contributed by atoms with E-state index in [9.17, 15) is 9.59 Å². The van der Waals surface area contributed by atoms with Crippen LogP contribution in [0.3, 0.4) is 0 Å². The Kier molecular flexibility index (Phi) is 7.35. The standard InChI is InChI=1S/C23H30N4O4/c28-22(18-25-7-9-27(10-8-25)23(29)21-2-1-13-31-21)24-16-19-3-5-20(6-4-19)17-26-11-14-30-15-12-26/h1-6,13H,7-12,14-18H2,(H,24,28)/p+2. The Morgan fingerprint density at radius 3 is 2.32 bits per heavy atom. The lowest BCUT2D eigenvalue weighted by Crippen LogP contribution is -3.15. The molecule has 2 aliphatic heterocycles. The zero-order valence-electron chi connectivity index (χ0n) is 17.9. The summed E-state index contributed by atoms with van der Waals surface area (Å²) in [5.74, 6) is 0.341. The summed E-state index contributed by atoms with van der Waals surface area (Å²) < 4.78 is 10.6. The molecule has 8 heteroatoms. The first-order valence-electron chi connectivity index (χ1n) is 11.1. The first-order chi connectivity index (χ1) is 15.2. The Balaban J connectivity index is 1.15. The highest BCUT2D eigenvalue weighted by molar-refractivity contribution is 5.91. The van der Waals surface area contributed by atoms with Crippen molar-refractivity contribution in [1.29, 1.82) is 0 Å². The molecule has 1 aromatic carbocycles. The Bertz CT molecular complexity index is 839. The Hall–Kier alpha value is -2.68. The van der Waals surface area contributed by atoms with Crippen LogP contribution in [0.1, 0.15) is 21.7 Å². The summed E-state index contributed by atoms with van der Waals surface area (Å²) in [4.78, 5) is 29.2. The molecule has 3 N–H and O–H groups in total. The van der Waals surface area contributed by atoms with Gasteiger partial charge in [0.05, 0.1) is 45.7 Å². The normalized spacial score (nSPS) is 18.1. The number of ether oxygens (including phenoxy) is 1. The van der Waals surface area contributed by atoms with Crippen LogP contribution >= 0.6 is 0 Å². The second-order valence-electron chi connectivity index (χ2n) is 8.33. The van der Waals surface area contributed by atoms with Crippen molar-refractivity contribution in [1.82, 2.24) is 10.2 Å². The van der Waals surface area contributed by atoms with E-state index in [0.717, 1.165) is 51.5 Å².